The monoisotopic (exact) mass is 278 g/mol. The van der Waals surface area contributed by atoms with Gasteiger partial charge in [0.25, 0.3) is 0 Å². The van der Waals surface area contributed by atoms with Crippen molar-refractivity contribution in [2.24, 2.45) is 7.05 Å². The molecule has 3 N–H and O–H groups in total. The van der Waals surface area contributed by atoms with Crippen LogP contribution in [0, 0.1) is 0 Å². The van der Waals surface area contributed by atoms with Gasteiger partial charge < -0.3 is 5.73 Å². The number of thioether (sulfide) groups is 1. The van der Waals surface area contributed by atoms with Crippen LogP contribution in [0.1, 0.15) is 13.3 Å². The van der Waals surface area contributed by atoms with E-state index in [-0.39, 0.29) is 16.8 Å². The van der Waals surface area contributed by atoms with E-state index >= 15 is 0 Å². The molecule has 0 saturated heterocycles. The standard InChI is InChI=1S/C9H18N4O2S2/c1-7(4-5-16-3)12-17(14,15)8-6-13(2)11-9(8)10/h6-7,12H,4-5H2,1-3H3,(H2,10,11). The summed E-state index contributed by atoms with van der Waals surface area (Å²) in [6.45, 7) is 1.83. The lowest BCUT2D eigenvalue weighted by atomic mass is 10.3. The number of rotatable bonds is 6. The third-order valence-electron chi connectivity index (χ3n) is 2.22. The molecule has 1 unspecified atom stereocenters. The maximum absolute atomic E-state index is 12.0. The molecule has 0 aliphatic heterocycles. The molecule has 6 nitrogen and oxygen atoms in total. The Balaban J connectivity index is 2.79. The molecule has 98 valence electrons. The van der Waals surface area contributed by atoms with Crippen molar-refractivity contribution in [3.8, 4) is 0 Å². The Morgan fingerprint density at radius 2 is 2.29 bits per heavy atom. The van der Waals surface area contributed by atoms with Gasteiger partial charge in [0.05, 0.1) is 0 Å². The first-order valence-corrected chi connectivity index (χ1v) is 8.05. The van der Waals surface area contributed by atoms with Crippen LogP contribution in [-0.2, 0) is 17.1 Å². The summed E-state index contributed by atoms with van der Waals surface area (Å²) in [6, 6.07) is -0.118. The minimum atomic E-state index is -3.57. The molecule has 0 aliphatic carbocycles. The van der Waals surface area contributed by atoms with Crippen LogP contribution >= 0.6 is 11.8 Å². The smallest absolute Gasteiger partial charge is 0.246 e. The van der Waals surface area contributed by atoms with Crippen LogP contribution in [0.15, 0.2) is 11.1 Å². The van der Waals surface area contributed by atoms with Gasteiger partial charge in [-0.1, -0.05) is 0 Å². The van der Waals surface area contributed by atoms with Gasteiger partial charge in [0.2, 0.25) is 10.0 Å². The van der Waals surface area contributed by atoms with Crippen LogP contribution in [0.4, 0.5) is 5.82 Å². The summed E-state index contributed by atoms with van der Waals surface area (Å²) in [6.07, 6.45) is 4.17. The first-order valence-electron chi connectivity index (χ1n) is 5.17. The quantitative estimate of drug-likeness (QED) is 0.787. The minimum Gasteiger partial charge on any atom is -0.381 e. The number of sulfonamides is 1. The van der Waals surface area contributed by atoms with Crippen molar-refractivity contribution in [3.05, 3.63) is 6.20 Å². The fourth-order valence-electron chi connectivity index (χ4n) is 1.37. The molecule has 0 spiro atoms. The molecule has 0 fully saturated rings. The first kappa shape index (κ1) is 14.3. The van der Waals surface area contributed by atoms with Crippen molar-refractivity contribution in [1.82, 2.24) is 14.5 Å². The average Bonchev–Trinajstić information content (AvgIpc) is 2.55. The van der Waals surface area contributed by atoms with E-state index in [1.165, 1.54) is 10.9 Å². The van der Waals surface area contributed by atoms with Gasteiger partial charge in [-0.15, -0.1) is 0 Å². The highest BCUT2D eigenvalue weighted by Gasteiger charge is 2.22. The summed E-state index contributed by atoms with van der Waals surface area (Å²) in [5, 5.41) is 3.82. The fourth-order valence-corrected chi connectivity index (χ4v) is 3.34. The number of anilines is 1. The van der Waals surface area contributed by atoms with E-state index in [1.807, 2.05) is 13.2 Å². The second kappa shape index (κ2) is 5.74. The molecule has 1 aromatic rings. The van der Waals surface area contributed by atoms with E-state index in [9.17, 15) is 8.42 Å². The number of hydrogen-bond donors (Lipinski definition) is 2. The number of hydrogen-bond acceptors (Lipinski definition) is 5. The normalized spacial score (nSPS) is 13.8. The predicted octanol–water partition coefficient (Wildman–Crippen LogP) is 0.422. The summed E-state index contributed by atoms with van der Waals surface area (Å²) in [5.74, 6) is 0.934. The molecule has 1 heterocycles. The maximum Gasteiger partial charge on any atom is 0.246 e. The third-order valence-corrected chi connectivity index (χ3v) is 4.47. The summed E-state index contributed by atoms with van der Waals surface area (Å²) in [7, 11) is -1.94. The number of aromatic nitrogens is 2. The molecule has 0 amide bonds. The molecular weight excluding hydrogens is 260 g/mol. The van der Waals surface area contributed by atoms with Crippen LogP contribution in [0.3, 0.4) is 0 Å². The van der Waals surface area contributed by atoms with Crippen molar-refractivity contribution >= 4 is 27.6 Å². The molecule has 0 aromatic carbocycles. The molecule has 1 rings (SSSR count). The zero-order valence-electron chi connectivity index (χ0n) is 10.2. The lowest BCUT2D eigenvalue weighted by Crippen LogP contribution is -2.33. The van der Waals surface area contributed by atoms with Gasteiger partial charge in [-0.3, -0.25) is 4.68 Å². The van der Waals surface area contributed by atoms with Crippen molar-refractivity contribution in [2.45, 2.75) is 24.3 Å². The Hall–Kier alpha value is -0.730. The van der Waals surface area contributed by atoms with E-state index in [0.717, 1.165) is 12.2 Å². The Morgan fingerprint density at radius 3 is 2.76 bits per heavy atom. The Morgan fingerprint density at radius 1 is 1.65 bits per heavy atom. The van der Waals surface area contributed by atoms with Crippen LogP contribution < -0.4 is 10.5 Å². The highest BCUT2D eigenvalue weighted by atomic mass is 32.2. The topological polar surface area (TPSA) is 90.0 Å². The van der Waals surface area contributed by atoms with Gasteiger partial charge >= 0.3 is 0 Å². The first-order chi connectivity index (χ1) is 7.86. The van der Waals surface area contributed by atoms with Crippen LogP contribution in [0.2, 0.25) is 0 Å². The van der Waals surface area contributed by atoms with Gasteiger partial charge in [-0.2, -0.15) is 16.9 Å². The Labute approximate surface area is 106 Å². The van der Waals surface area contributed by atoms with Gasteiger partial charge in [0.1, 0.15) is 4.90 Å². The lowest BCUT2D eigenvalue weighted by Gasteiger charge is -2.12. The lowest BCUT2D eigenvalue weighted by molar-refractivity contribution is 0.557. The molecule has 0 radical (unpaired) electrons. The van der Waals surface area contributed by atoms with E-state index in [4.69, 9.17) is 5.73 Å². The average molecular weight is 278 g/mol. The predicted molar refractivity (Wildman–Crippen MR) is 70.4 cm³/mol. The van der Waals surface area contributed by atoms with Crippen LogP contribution in [0.25, 0.3) is 0 Å². The number of nitrogens with one attached hydrogen (secondary N) is 1. The third kappa shape index (κ3) is 3.90. The molecule has 1 aromatic heterocycles. The summed E-state index contributed by atoms with van der Waals surface area (Å²) >= 11 is 1.68. The molecule has 8 heteroatoms. The molecule has 0 aliphatic rings. The number of aryl methyl sites for hydroxylation is 1. The number of nitrogens with two attached hydrogens (primary N) is 1. The number of nitrogen functional groups attached to an aromatic ring is 1. The van der Waals surface area contributed by atoms with E-state index in [1.54, 1.807) is 18.8 Å². The highest BCUT2D eigenvalue weighted by Crippen LogP contribution is 2.16. The maximum atomic E-state index is 12.0. The molecule has 1 atom stereocenters. The summed E-state index contributed by atoms with van der Waals surface area (Å²) in [5.41, 5.74) is 5.55. The summed E-state index contributed by atoms with van der Waals surface area (Å²) in [4.78, 5) is 0.0380. The van der Waals surface area contributed by atoms with E-state index < -0.39 is 10.0 Å². The van der Waals surface area contributed by atoms with E-state index in [2.05, 4.69) is 9.82 Å². The second-order valence-electron chi connectivity index (χ2n) is 3.86. The van der Waals surface area contributed by atoms with E-state index in [0.29, 0.717) is 0 Å². The Kier molecular flexibility index (Phi) is 4.84. The highest BCUT2D eigenvalue weighted by molar-refractivity contribution is 7.98. The summed E-state index contributed by atoms with van der Waals surface area (Å²) < 4.78 is 27.9. The molecular formula is C9H18N4O2S2. The van der Waals surface area contributed by atoms with Crippen molar-refractivity contribution < 1.29 is 8.42 Å². The van der Waals surface area contributed by atoms with Gasteiger partial charge in [0.15, 0.2) is 5.82 Å². The minimum absolute atomic E-state index is 0.0251. The largest absolute Gasteiger partial charge is 0.381 e. The van der Waals surface area contributed by atoms with Gasteiger partial charge in [0, 0.05) is 19.3 Å². The van der Waals surface area contributed by atoms with Crippen molar-refractivity contribution in [2.75, 3.05) is 17.7 Å². The zero-order chi connectivity index (χ0) is 13.1. The second-order valence-corrected chi connectivity index (χ2v) is 6.52. The van der Waals surface area contributed by atoms with Gasteiger partial charge in [-0.25, -0.2) is 13.1 Å². The zero-order valence-corrected chi connectivity index (χ0v) is 11.8. The van der Waals surface area contributed by atoms with Crippen LogP contribution in [-0.4, -0.2) is 36.2 Å². The fraction of sp³-hybridized carbons (Fsp3) is 0.667. The van der Waals surface area contributed by atoms with Crippen molar-refractivity contribution in [3.63, 3.8) is 0 Å². The molecule has 17 heavy (non-hydrogen) atoms. The van der Waals surface area contributed by atoms with Crippen LogP contribution in [0.5, 0.6) is 0 Å². The molecule has 0 saturated carbocycles. The van der Waals surface area contributed by atoms with Crippen molar-refractivity contribution in [1.29, 1.82) is 0 Å². The SMILES string of the molecule is CSCCC(C)NS(=O)(=O)c1cn(C)nc1N. The van der Waals surface area contributed by atoms with Gasteiger partial charge in [-0.05, 0) is 25.4 Å². The number of nitrogens with zero attached hydrogens (tertiary/aromatic N) is 2. The molecule has 0 bridgehead atoms. The Bertz CT molecular complexity index is 469.